The van der Waals surface area contributed by atoms with E-state index in [0.717, 1.165) is 0 Å². The summed E-state index contributed by atoms with van der Waals surface area (Å²) in [5.74, 6) is -2.21. The summed E-state index contributed by atoms with van der Waals surface area (Å²) in [6, 6.07) is 3.98. The lowest BCUT2D eigenvalue weighted by Gasteiger charge is -2.33. The third-order valence-corrected chi connectivity index (χ3v) is 6.27. The highest BCUT2D eigenvalue weighted by molar-refractivity contribution is 6.01. The summed E-state index contributed by atoms with van der Waals surface area (Å²) in [6.07, 6.45) is 3.99. The Morgan fingerprint density at radius 3 is 2.38 bits per heavy atom. The Morgan fingerprint density at radius 1 is 1.05 bits per heavy atom. The fourth-order valence-corrected chi connectivity index (χ4v) is 4.01. The number of rotatable bonds is 17. The van der Waals surface area contributed by atoms with Crippen molar-refractivity contribution in [2.75, 3.05) is 40.8 Å². The second-order valence-electron chi connectivity index (χ2n) is 10.4. The van der Waals surface area contributed by atoms with Crippen LogP contribution in [0.3, 0.4) is 0 Å². The van der Waals surface area contributed by atoms with Gasteiger partial charge in [-0.25, -0.2) is 4.79 Å². The van der Waals surface area contributed by atoms with Crippen LogP contribution in [0.5, 0.6) is 11.5 Å². The average Bonchev–Trinajstić information content (AvgIpc) is 3.20. The van der Waals surface area contributed by atoms with Gasteiger partial charge in [-0.05, 0) is 37.8 Å². The minimum atomic E-state index is -0.904. The molecule has 1 aliphatic heterocycles. The molecule has 40 heavy (non-hydrogen) atoms. The van der Waals surface area contributed by atoms with Gasteiger partial charge in [0.05, 0.1) is 33.3 Å². The predicted molar refractivity (Wildman–Crippen MR) is 142 cm³/mol. The molecule has 0 spiro atoms. The van der Waals surface area contributed by atoms with Crippen LogP contribution < -0.4 is 15.4 Å². The van der Waals surface area contributed by atoms with Crippen molar-refractivity contribution >= 4 is 35.9 Å². The van der Waals surface area contributed by atoms with Gasteiger partial charge in [0.25, 0.3) is 17.7 Å². The Labute approximate surface area is 233 Å². The van der Waals surface area contributed by atoms with Gasteiger partial charge in [0, 0.05) is 38.3 Å². The van der Waals surface area contributed by atoms with E-state index in [4.69, 9.17) is 9.57 Å². The van der Waals surface area contributed by atoms with Crippen LogP contribution in [-0.4, -0.2) is 97.4 Å². The van der Waals surface area contributed by atoms with Crippen molar-refractivity contribution in [1.82, 2.24) is 15.7 Å². The van der Waals surface area contributed by atoms with E-state index < -0.39 is 30.4 Å². The lowest BCUT2D eigenvalue weighted by atomic mass is 10.1. The Bertz CT molecular complexity index is 1070. The number of phenolic OH excluding ortho intramolecular Hbond substituents is 1. The molecular weight excluding hydrogens is 524 g/mol. The number of hydrogen-bond donors (Lipinski definition) is 3. The molecule has 0 saturated carbocycles. The standard InChI is InChI=1S/C27H38N4O9/c1-31(2,3)21(27(38)29-17-26(37)40-30-24(35)12-13-25(30)36)8-4-6-14-28-23(34)9-5-7-15-39-20-11-10-19(18-32)22(33)16-20/h10-11,16,18,21H,4-9,12-15,17H2,1-3H3,(H2-,28,29,32,33,34,38)/p+1. The van der Waals surface area contributed by atoms with Crippen LogP contribution in [0, 0.1) is 0 Å². The number of phenols is 1. The van der Waals surface area contributed by atoms with Crippen LogP contribution in [0.1, 0.15) is 61.7 Å². The van der Waals surface area contributed by atoms with Gasteiger partial charge in [-0.2, -0.15) is 0 Å². The van der Waals surface area contributed by atoms with E-state index in [2.05, 4.69) is 10.6 Å². The van der Waals surface area contributed by atoms with Gasteiger partial charge in [0.2, 0.25) is 5.91 Å². The highest BCUT2D eigenvalue weighted by atomic mass is 16.7. The molecule has 1 saturated heterocycles. The number of hydrogen-bond acceptors (Lipinski definition) is 9. The zero-order valence-corrected chi connectivity index (χ0v) is 23.3. The van der Waals surface area contributed by atoms with Crippen molar-refractivity contribution in [3.8, 4) is 11.5 Å². The van der Waals surface area contributed by atoms with E-state index in [1.807, 2.05) is 21.1 Å². The van der Waals surface area contributed by atoms with Crippen molar-refractivity contribution in [3.63, 3.8) is 0 Å². The number of unbranched alkanes of at least 4 members (excludes halogenated alkanes) is 2. The first kappa shape index (κ1) is 32.2. The molecular formula is C27H39N4O9+. The number of nitrogens with zero attached hydrogens (tertiary/aromatic N) is 2. The molecule has 1 aromatic carbocycles. The summed E-state index contributed by atoms with van der Waals surface area (Å²) in [6.45, 7) is 0.365. The van der Waals surface area contributed by atoms with E-state index in [-0.39, 0.29) is 36.0 Å². The first-order valence-corrected chi connectivity index (χ1v) is 13.3. The zero-order valence-electron chi connectivity index (χ0n) is 23.3. The summed E-state index contributed by atoms with van der Waals surface area (Å²) >= 11 is 0. The van der Waals surface area contributed by atoms with Gasteiger partial charge in [-0.1, -0.05) is 0 Å². The van der Waals surface area contributed by atoms with E-state index in [9.17, 15) is 33.9 Å². The monoisotopic (exact) mass is 563 g/mol. The summed E-state index contributed by atoms with van der Waals surface area (Å²) in [4.78, 5) is 75.4. The molecule has 13 heteroatoms. The van der Waals surface area contributed by atoms with Crippen LogP contribution >= 0.6 is 0 Å². The normalized spacial score (nSPS) is 14.0. The SMILES string of the molecule is C[N+](C)(C)C(CCCCNC(=O)CCCCOc1ccc(C=O)c(O)c1)C(=O)NCC(=O)ON1C(=O)CCC1=O. The molecule has 220 valence electrons. The Hall–Kier alpha value is -4.00. The van der Waals surface area contributed by atoms with Crippen molar-refractivity contribution in [3.05, 3.63) is 23.8 Å². The lowest BCUT2D eigenvalue weighted by Crippen LogP contribution is -2.54. The fraction of sp³-hybridized carbons (Fsp3) is 0.556. The number of amides is 4. The molecule has 1 aromatic rings. The molecule has 0 radical (unpaired) electrons. The van der Waals surface area contributed by atoms with Gasteiger partial charge in [-0.15, -0.1) is 5.06 Å². The first-order chi connectivity index (χ1) is 18.9. The van der Waals surface area contributed by atoms with Crippen LogP contribution in [0.4, 0.5) is 0 Å². The highest BCUT2D eigenvalue weighted by Crippen LogP contribution is 2.22. The van der Waals surface area contributed by atoms with Gasteiger partial charge in [0.1, 0.15) is 18.0 Å². The number of quaternary nitrogens is 1. The second-order valence-corrected chi connectivity index (χ2v) is 10.4. The minimum absolute atomic E-state index is 0.00937. The molecule has 3 N–H and O–H groups in total. The van der Waals surface area contributed by atoms with Crippen molar-refractivity contribution < 1.29 is 47.9 Å². The van der Waals surface area contributed by atoms with Crippen LogP contribution in [0.2, 0.25) is 0 Å². The third-order valence-electron chi connectivity index (χ3n) is 6.27. The van der Waals surface area contributed by atoms with E-state index in [1.54, 1.807) is 6.07 Å². The Morgan fingerprint density at radius 2 is 1.75 bits per heavy atom. The Kier molecular flexibility index (Phi) is 12.5. The van der Waals surface area contributed by atoms with E-state index in [1.165, 1.54) is 12.1 Å². The Balaban J connectivity index is 1.60. The van der Waals surface area contributed by atoms with Crippen molar-refractivity contribution in [2.24, 2.45) is 0 Å². The number of carbonyl (C=O) groups is 6. The zero-order chi connectivity index (χ0) is 29.7. The average molecular weight is 564 g/mol. The number of likely N-dealkylation sites (N-methyl/N-ethyl adjacent to an activating group) is 1. The molecule has 1 aliphatic rings. The number of hydroxylamine groups is 2. The summed E-state index contributed by atoms with van der Waals surface area (Å²) in [5, 5.41) is 15.5. The number of aromatic hydroxyl groups is 1. The molecule has 0 aromatic heterocycles. The fourth-order valence-electron chi connectivity index (χ4n) is 4.01. The maximum Gasteiger partial charge on any atom is 0.352 e. The maximum absolute atomic E-state index is 12.8. The number of benzene rings is 1. The molecule has 2 rings (SSSR count). The lowest BCUT2D eigenvalue weighted by molar-refractivity contribution is -0.886. The molecule has 1 heterocycles. The molecule has 1 atom stereocenters. The summed E-state index contributed by atoms with van der Waals surface area (Å²) in [5.41, 5.74) is 0.189. The highest BCUT2D eigenvalue weighted by Gasteiger charge is 2.34. The molecule has 13 nitrogen and oxygen atoms in total. The topological polar surface area (TPSA) is 168 Å². The number of nitrogens with one attached hydrogen (secondary N) is 2. The van der Waals surface area contributed by atoms with Crippen molar-refractivity contribution in [2.45, 2.75) is 57.4 Å². The minimum Gasteiger partial charge on any atom is -0.507 e. The van der Waals surface area contributed by atoms with E-state index in [0.29, 0.717) is 73.3 Å². The summed E-state index contributed by atoms with van der Waals surface area (Å²) in [7, 11) is 5.58. The number of imide groups is 1. The van der Waals surface area contributed by atoms with Gasteiger partial charge >= 0.3 is 5.97 Å². The predicted octanol–water partition coefficient (Wildman–Crippen LogP) is 0.839. The third kappa shape index (κ3) is 10.6. The summed E-state index contributed by atoms with van der Waals surface area (Å²) < 4.78 is 5.84. The van der Waals surface area contributed by atoms with E-state index >= 15 is 0 Å². The molecule has 0 bridgehead atoms. The maximum atomic E-state index is 12.8. The largest absolute Gasteiger partial charge is 0.507 e. The number of carbonyl (C=O) groups excluding carboxylic acids is 6. The molecule has 1 unspecified atom stereocenters. The van der Waals surface area contributed by atoms with Crippen LogP contribution in [0.15, 0.2) is 18.2 Å². The first-order valence-electron chi connectivity index (χ1n) is 13.3. The van der Waals surface area contributed by atoms with Gasteiger partial charge < -0.3 is 29.8 Å². The number of ether oxygens (including phenoxy) is 1. The quantitative estimate of drug-likeness (QED) is 0.108. The molecule has 4 amide bonds. The van der Waals surface area contributed by atoms with Crippen LogP contribution in [0.25, 0.3) is 0 Å². The smallest absolute Gasteiger partial charge is 0.352 e. The molecule has 0 aliphatic carbocycles. The van der Waals surface area contributed by atoms with Crippen molar-refractivity contribution in [1.29, 1.82) is 0 Å². The van der Waals surface area contributed by atoms with Crippen LogP contribution in [-0.2, 0) is 28.8 Å². The second kappa shape index (κ2) is 15.6. The molecule has 1 fully saturated rings. The van der Waals surface area contributed by atoms with Gasteiger partial charge in [0.15, 0.2) is 12.3 Å². The number of aldehydes is 1. The van der Waals surface area contributed by atoms with Gasteiger partial charge in [-0.3, -0.25) is 24.0 Å².